The van der Waals surface area contributed by atoms with Crippen molar-refractivity contribution in [1.82, 2.24) is 10.3 Å². The normalized spacial score (nSPS) is 10.5. The summed E-state index contributed by atoms with van der Waals surface area (Å²) in [6.07, 6.45) is 2.49. The van der Waals surface area contributed by atoms with Crippen molar-refractivity contribution >= 4 is 21.8 Å². The van der Waals surface area contributed by atoms with E-state index in [1.165, 1.54) is 0 Å². The van der Waals surface area contributed by atoms with E-state index in [1.54, 1.807) is 6.20 Å². The smallest absolute Gasteiger partial charge is 0.220 e. The zero-order valence-corrected chi connectivity index (χ0v) is 12.5. The van der Waals surface area contributed by atoms with Crippen LogP contribution in [0.1, 0.15) is 12.3 Å². The molecule has 0 fully saturated rings. The molecule has 1 amide bonds. The van der Waals surface area contributed by atoms with Gasteiger partial charge in [-0.2, -0.15) is 0 Å². The Balaban J connectivity index is 1.96. The molecule has 0 unspecified atom stereocenters. The lowest BCUT2D eigenvalue weighted by molar-refractivity contribution is -0.121. The fraction of sp³-hybridized carbons (Fsp3) is 0.286. The average molecular weight is 338 g/mol. The van der Waals surface area contributed by atoms with Crippen molar-refractivity contribution in [1.29, 1.82) is 0 Å². The quantitative estimate of drug-likeness (QED) is 0.845. The summed E-state index contributed by atoms with van der Waals surface area (Å²) < 4.78 is 6.61. The van der Waals surface area contributed by atoms with E-state index < -0.39 is 0 Å². The Morgan fingerprint density at radius 1 is 1.40 bits per heavy atom. The number of rotatable bonds is 6. The highest BCUT2D eigenvalue weighted by molar-refractivity contribution is 9.10. The van der Waals surface area contributed by atoms with Gasteiger partial charge in [-0.25, -0.2) is 4.98 Å². The maximum absolute atomic E-state index is 11.5. The molecular formula is C14H16BrN3O2. The van der Waals surface area contributed by atoms with Gasteiger partial charge in [-0.1, -0.05) is 34.1 Å². The minimum Gasteiger partial charge on any atom is -0.441 e. The number of aromatic nitrogens is 1. The van der Waals surface area contributed by atoms with E-state index in [2.05, 4.69) is 26.2 Å². The van der Waals surface area contributed by atoms with Crippen molar-refractivity contribution in [3.63, 3.8) is 0 Å². The lowest BCUT2D eigenvalue weighted by atomic mass is 10.2. The van der Waals surface area contributed by atoms with Crippen LogP contribution in [0.5, 0.6) is 0 Å². The molecule has 0 aliphatic carbocycles. The van der Waals surface area contributed by atoms with Gasteiger partial charge < -0.3 is 15.5 Å². The monoisotopic (exact) mass is 337 g/mol. The van der Waals surface area contributed by atoms with Crippen LogP contribution >= 0.6 is 15.9 Å². The van der Waals surface area contributed by atoms with Crippen molar-refractivity contribution in [2.45, 2.75) is 12.8 Å². The summed E-state index contributed by atoms with van der Waals surface area (Å²) in [4.78, 5) is 15.7. The number of amides is 1. The van der Waals surface area contributed by atoms with E-state index in [0.29, 0.717) is 37.6 Å². The zero-order valence-electron chi connectivity index (χ0n) is 10.9. The predicted octanol–water partition coefficient (Wildman–Crippen LogP) is 2.11. The van der Waals surface area contributed by atoms with Crippen LogP contribution in [0.4, 0.5) is 0 Å². The molecule has 0 bridgehead atoms. The van der Waals surface area contributed by atoms with Crippen molar-refractivity contribution < 1.29 is 9.21 Å². The molecule has 20 heavy (non-hydrogen) atoms. The largest absolute Gasteiger partial charge is 0.441 e. The molecule has 1 heterocycles. The highest BCUT2D eigenvalue weighted by Crippen LogP contribution is 2.28. The molecule has 0 saturated heterocycles. The fourth-order valence-electron chi connectivity index (χ4n) is 1.73. The first kappa shape index (κ1) is 14.7. The number of nitrogens with zero attached hydrogens (tertiary/aromatic N) is 1. The van der Waals surface area contributed by atoms with Crippen molar-refractivity contribution in [3.8, 4) is 11.3 Å². The molecule has 0 atom stereocenters. The minimum atomic E-state index is -0.0453. The molecule has 0 spiro atoms. The number of aryl methyl sites for hydroxylation is 1. The van der Waals surface area contributed by atoms with Gasteiger partial charge in [0.1, 0.15) is 0 Å². The van der Waals surface area contributed by atoms with Gasteiger partial charge in [0.2, 0.25) is 5.91 Å². The van der Waals surface area contributed by atoms with Crippen LogP contribution in [-0.2, 0) is 11.2 Å². The number of halogens is 1. The number of oxazole rings is 1. The van der Waals surface area contributed by atoms with Crippen LogP contribution in [0, 0.1) is 0 Å². The number of carbonyl (C=O) groups excluding carboxylic acids is 1. The van der Waals surface area contributed by atoms with Gasteiger partial charge in [-0.15, -0.1) is 0 Å². The van der Waals surface area contributed by atoms with Gasteiger partial charge in [-0.05, 0) is 6.07 Å². The maximum Gasteiger partial charge on any atom is 0.220 e. The number of nitrogens with one attached hydrogen (secondary N) is 1. The zero-order chi connectivity index (χ0) is 14.4. The van der Waals surface area contributed by atoms with Gasteiger partial charge in [-0.3, -0.25) is 4.79 Å². The van der Waals surface area contributed by atoms with Crippen LogP contribution in [-0.4, -0.2) is 24.0 Å². The third-order valence-electron chi connectivity index (χ3n) is 2.73. The third-order valence-corrected chi connectivity index (χ3v) is 3.42. The second-order valence-corrected chi connectivity index (χ2v) is 5.09. The lowest BCUT2D eigenvalue weighted by Gasteiger charge is -2.01. The molecule has 6 heteroatoms. The highest BCUT2D eigenvalue weighted by Gasteiger charge is 2.10. The van der Waals surface area contributed by atoms with E-state index in [4.69, 9.17) is 10.2 Å². The summed E-state index contributed by atoms with van der Waals surface area (Å²) in [7, 11) is 0. The summed E-state index contributed by atoms with van der Waals surface area (Å²) in [6, 6.07) is 7.76. The van der Waals surface area contributed by atoms with E-state index in [0.717, 1.165) is 10.0 Å². The van der Waals surface area contributed by atoms with Gasteiger partial charge in [0.15, 0.2) is 11.7 Å². The average Bonchev–Trinajstić information content (AvgIpc) is 2.92. The first-order valence-corrected chi connectivity index (χ1v) is 7.16. The molecule has 3 N–H and O–H groups in total. The Kier molecular flexibility index (Phi) is 5.31. The number of hydrogen-bond acceptors (Lipinski definition) is 4. The Hall–Kier alpha value is -1.66. The van der Waals surface area contributed by atoms with E-state index in [9.17, 15) is 4.79 Å². The topological polar surface area (TPSA) is 81.1 Å². The first-order chi connectivity index (χ1) is 9.70. The second kappa shape index (κ2) is 7.21. The molecule has 0 aliphatic heterocycles. The number of hydrogen-bond donors (Lipinski definition) is 2. The summed E-state index contributed by atoms with van der Waals surface area (Å²) in [5.41, 5.74) is 6.26. The summed E-state index contributed by atoms with van der Waals surface area (Å²) in [6.45, 7) is 0.934. The molecule has 0 aliphatic rings. The molecule has 0 saturated carbocycles. The summed E-state index contributed by atoms with van der Waals surface area (Å²) >= 11 is 3.47. The third kappa shape index (κ3) is 3.91. The Morgan fingerprint density at radius 2 is 2.20 bits per heavy atom. The molecule has 0 radical (unpaired) electrons. The minimum absolute atomic E-state index is 0.0453. The molecular weight excluding hydrogens is 322 g/mol. The summed E-state index contributed by atoms with van der Waals surface area (Å²) in [5, 5.41) is 2.71. The predicted molar refractivity (Wildman–Crippen MR) is 80.0 cm³/mol. The molecule has 1 aromatic carbocycles. The van der Waals surface area contributed by atoms with E-state index >= 15 is 0 Å². The molecule has 5 nitrogen and oxygen atoms in total. The SMILES string of the molecule is NCCNC(=O)CCc1ncc(-c2ccccc2Br)o1. The Bertz CT molecular complexity index is 583. The maximum atomic E-state index is 11.5. The molecule has 106 valence electrons. The summed E-state index contributed by atoms with van der Waals surface area (Å²) in [5.74, 6) is 1.20. The number of nitrogens with two attached hydrogens (primary N) is 1. The van der Waals surface area contributed by atoms with Crippen LogP contribution in [0.2, 0.25) is 0 Å². The van der Waals surface area contributed by atoms with Crippen LogP contribution in [0.15, 0.2) is 39.4 Å². The first-order valence-electron chi connectivity index (χ1n) is 6.37. The van der Waals surface area contributed by atoms with Crippen LogP contribution < -0.4 is 11.1 Å². The second-order valence-electron chi connectivity index (χ2n) is 4.24. The van der Waals surface area contributed by atoms with E-state index in [-0.39, 0.29) is 5.91 Å². The van der Waals surface area contributed by atoms with Gasteiger partial charge in [0.05, 0.1) is 6.20 Å². The van der Waals surface area contributed by atoms with Gasteiger partial charge in [0.25, 0.3) is 0 Å². The van der Waals surface area contributed by atoms with Crippen LogP contribution in [0.3, 0.4) is 0 Å². The van der Waals surface area contributed by atoms with E-state index in [1.807, 2.05) is 24.3 Å². The highest BCUT2D eigenvalue weighted by atomic mass is 79.9. The Labute approximate surface area is 125 Å². The van der Waals surface area contributed by atoms with Crippen molar-refractivity contribution in [2.75, 3.05) is 13.1 Å². The lowest BCUT2D eigenvalue weighted by Crippen LogP contribution is -2.29. The standard InChI is InChI=1S/C14H16BrN3O2/c15-11-4-2-1-3-10(11)12-9-18-14(20-12)6-5-13(19)17-8-7-16/h1-4,9H,5-8,16H2,(H,17,19). The Morgan fingerprint density at radius 3 is 2.95 bits per heavy atom. The number of carbonyl (C=O) groups is 1. The molecule has 2 rings (SSSR count). The van der Waals surface area contributed by atoms with Crippen molar-refractivity contribution in [3.05, 3.63) is 40.8 Å². The van der Waals surface area contributed by atoms with Gasteiger partial charge >= 0.3 is 0 Å². The van der Waals surface area contributed by atoms with Crippen LogP contribution in [0.25, 0.3) is 11.3 Å². The van der Waals surface area contributed by atoms with Gasteiger partial charge in [0, 0.05) is 36.0 Å². The number of benzene rings is 1. The molecule has 1 aromatic heterocycles. The fourth-order valence-corrected chi connectivity index (χ4v) is 2.21. The molecule has 2 aromatic rings. The van der Waals surface area contributed by atoms with Crippen molar-refractivity contribution in [2.24, 2.45) is 5.73 Å².